The first-order valence-electron chi connectivity index (χ1n) is 7.82. The second kappa shape index (κ2) is 6.10. The second-order valence-electron chi connectivity index (χ2n) is 6.22. The fraction of sp³-hybridized carbons (Fsp3) is 0.688. The molecule has 0 saturated carbocycles. The monoisotopic (exact) mass is 274 g/mol. The summed E-state index contributed by atoms with van der Waals surface area (Å²) >= 11 is 0. The zero-order chi connectivity index (χ0) is 13.9. The van der Waals surface area contributed by atoms with Gasteiger partial charge in [0.1, 0.15) is 0 Å². The zero-order valence-corrected chi connectivity index (χ0v) is 12.7. The van der Waals surface area contributed by atoms with E-state index >= 15 is 0 Å². The number of anilines is 1. The van der Waals surface area contributed by atoms with Crippen molar-refractivity contribution in [1.29, 1.82) is 0 Å². The number of hydrogen-bond donors (Lipinski definition) is 1. The van der Waals surface area contributed by atoms with E-state index in [1.807, 2.05) is 13.2 Å². The molecule has 110 valence electrons. The SMILES string of the molecule is CNCc1cc(N2CCC3C(CCCN3C)C2)ccn1. The van der Waals surface area contributed by atoms with Crippen molar-refractivity contribution in [2.75, 3.05) is 38.6 Å². The van der Waals surface area contributed by atoms with E-state index in [1.54, 1.807) is 0 Å². The molecule has 0 spiro atoms. The Morgan fingerprint density at radius 2 is 2.25 bits per heavy atom. The lowest BCUT2D eigenvalue weighted by atomic mass is 9.84. The van der Waals surface area contributed by atoms with Crippen LogP contribution in [0.25, 0.3) is 0 Å². The van der Waals surface area contributed by atoms with Crippen molar-refractivity contribution >= 4 is 5.69 Å². The molecule has 2 aliphatic heterocycles. The van der Waals surface area contributed by atoms with E-state index in [2.05, 4.69) is 39.3 Å². The molecule has 1 N–H and O–H groups in total. The first kappa shape index (κ1) is 13.8. The summed E-state index contributed by atoms with van der Waals surface area (Å²) in [5, 5.41) is 3.18. The number of fused-ring (bicyclic) bond motifs is 1. The van der Waals surface area contributed by atoms with Crippen LogP contribution in [0.4, 0.5) is 5.69 Å². The first-order chi connectivity index (χ1) is 9.78. The van der Waals surface area contributed by atoms with Crippen molar-refractivity contribution in [3.63, 3.8) is 0 Å². The van der Waals surface area contributed by atoms with Crippen molar-refractivity contribution in [2.24, 2.45) is 5.92 Å². The molecule has 0 aliphatic carbocycles. The highest BCUT2D eigenvalue weighted by Gasteiger charge is 2.34. The maximum absolute atomic E-state index is 4.42. The van der Waals surface area contributed by atoms with Gasteiger partial charge in [0.05, 0.1) is 5.69 Å². The number of hydrogen-bond acceptors (Lipinski definition) is 4. The van der Waals surface area contributed by atoms with E-state index in [0.717, 1.165) is 24.2 Å². The van der Waals surface area contributed by atoms with E-state index in [9.17, 15) is 0 Å². The Kier molecular flexibility index (Phi) is 4.22. The van der Waals surface area contributed by atoms with Gasteiger partial charge in [-0.2, -0.15) is 0 Å². The maximum atomic E-state index is 4.42. The smallest absolute Gasteiger partial charge is 0.0562 e. The minimum absolute atomic E-state index is 0.804. The summed E-state index contributed by atoms with van der Waals surface area (Å²) < 4.78 is 0. The number of likely N-dealkylation sites (tertiary alicyclic amines) is 1. The number of nitrogens with zero attached hydrogens (tertiary/aromatic N) is 3. The number of nitrogens with one attached hydrogen (secondary N) is 1. The predicted octanol–water partition coefficient (Wildman–Crippen LogP) is 1.72. The van der Waals surface area contributed by atoms with E-state index in [4.69, 9.17) is 0 Å². The van der Waals surface area contributed by atoms with Gasteiger partial charge in [-0.25, -0.2) is 0 Å². The topological polar surface area (TPSA) is 31.4 Å². The van der Waals surface area contributed by atoms with Gasteiger partial charge in [-0.05, 0) is 58.0 Å². The van der Waals surface area contributed by atoms with Gasteiger partial charge < -0.3 is 15.1 Å². The average molecular weight is 274 g/mol. The molecule has 3 heterocycles. The Bertz CT molecular complexity index is 448. The van der Waals surface area contributed by atoms with Crippen molar-refractivity contribution < 1.29 is 0 Å². The Hall–Kier alpha value is -1.13. The number of rotatable bonds is 3. The Morgan fingerprint density at radius 1 is 1.35 bits per heavy atom. The van der Waals surface area contributed by atoms with Gasteiger partial charge in [-0.1, -0.05) is 0 Å². The third-order valence-corrected chi connectivity index (χ3v) is 4.87. The summed E-state index contributed by atoms with van der Waals surface area (Å²) in [4.78, 5) is 9.55. The Morgan fingerprint density at radius 3 is 3.10 bits per heavy atom. The molecule has 2 fully saturated rings. The molecule has 2 saturated heterocycles. The third-order valence-electron chi connectivity index (χ3n) is 4.87. The molecule has 0 radical (unpaired) electrons. The van der Waals surface area contributed by atoms with Crippen LogP contribution in [-0.2, 0) is 6.54 Å². The van der Waals surface area contributed by atoms with Crippen LogP contribution in [0.1, 0.15) is 25.0 Å². The first-order valence-corrected chi connectivity index (χ1v) is 7.82. The largest absolute Gasteiger partial charge is 0.371 e. The van der Waals surface area contributed by atoms with Gasteiger partial charge >= 0.3 is 0 Å². The molecule has 3 rings (SSSR count). The molecule has 4 heteroatoms. The zero-order valence-electron chi connectivity index (χ0n) is 12.7. The van der Waals surface area contributed by atoms with Gasteiger partial charge in [0, 0.05) is 37.6 Å². The van der Waals surface area contributed by atoms with Crippen LogP contribution < -0.4 is 10.2 Å². The predicted molar refractivity (Wildman–Crippen MR) is 83.0 cm³/mol. The quantitative estimate of drug-likeness (QED) is 0.909. The van der Waals surface area contributed by atoms with Crippen LogP contribution in [0.3, 0.4) is 0 Å². The molecule has 1 aromatic heterocycles. The maximum Gasteiger partial charge on any atom is 0.0562 e. The number of aromatic nitrogens is 1. The van der Waals surface area contributed by atoms with Crippen molar-refractivity contribution in [3.8, 4) is 0 Å². The lowest BCUT2D eigenvalue weighted by Crippen LogP contribution is -2.52. The molecule has 2 unspecified atom stereocenters. The van der Waals surface area contributed by atoms with Crippen molar-refractivity contribution in [1.82, 2.24) is 15.2 Å². The molecule has 2 aliphatic rings. The van der Waals surface area contributed by atoms with Crippen LogP contribution in [0.15, 0.2) is 18.3 Å². The fourth-order valence-electron chi connectivity index (χ4n) is 3.83. The summed E-state index contributed by atoms with van der Waals surface area (Å²) in [6.45, 7) is 4.51. The standard InChI is InChI=1S/C16H26N4/c1-17-11-14-10-15(5-7-18-14)20-9-6-16-13(12-20)4-3-8-19(16)2/h5,7,10,13,16-17H,3-4,6,8-9,11-12H2,1-2H3. The van der Waals surface area contributed by atoms with Gasteiger partial charge in [0.2, 0.25) is 0 Å². The van der Waals surface area contributed by atoms with Crippen LogP contribution in [-0.4, -0.2) is 49.7 Å². The lowest BCUT2D eigenvalue weighted by Gasteiger charge is -2.46. The summed E-state index contributed by atoms with van der Waals surface area (Å²) in [6, 6.07) is 5.20. The van der Waals surface area contributed by atoms with Crippen LogP contribution in [0.2, 0.25) is 0 Å². The fourth-order valence-corrected chi connectivity index (χ4v) is 3.83. The van der Waals surface area contributed by atoms with E-state index in [1.165, 1.54) is 44.6 Å². The van der Waals surface area contributed by atoms with E-state index < -0.39 is 0 Å². The van der Waals surface area contributed by atoms with Gasteiger partial charge in [-0.15, -0.1) is 0 Å². The van der Waals surface area contributed by atoms with Crippen LogP contribution in [0, 0.1) is 5.92 Å². The molecule has 0 aromatic carbocycles. The van der Waals surface area contributed by atoms with Gasteiger partial charge in [-0.3, -0.25) is 4.98 Å². The minimum Gasteiger partial charge on any atom is -0.371 e. The van der Waals surface area contributed by atoms with Crippen molar-refractivity contribution in [2.45, 2.75) is 31.8 Å². The molecular weight excluding hydrogens is 248 g/mol. The van der Waals surface area contributed by atoms with Gasteiger partial charge in [0.15, 0.2) is 0 Å². The summed E-state index contributed by atoms with van der Waals surface area (Å²) in [6.07, 6.45) is 5.98. The van der Waals surface area contributed by atoms with Gasteiger partial charge in [0.25, 0.3) is 0 Å². The van der Waals surface area contributed by atoms with Crippen LogP contribution >= 0.6 is 0 Å². The molecule has 0 amide bonds. The summed E-state index contributed by atoms with van der Waals surface area (Å²) in [5.74, 6) is 0.836. The lowest BCUT2D eigenvalue weighted by molar-refractivity contribution is 0.102. The second-order valence-corrected chi connectivity index (χ2v) is 6.22. The summed E-state index contributed by atoms with van der Waals surface area (Å²) in [5.41, 5.74) is 2.48. The highest BCUT2D eigenvalue weighted by Crippen LogP contribution is 2.31. The Labute approximate surface area is 122 Å². The van der Waals surface area contributed by atoms with Crippen LogP contribution in [0.5, 0.6) is 0 Å². The highest BCUT2D eigenvalue weighted by molar-refractivity contribution is 5.47. The summed E-state index contributed by atoms with van der Waals surface area (Å²) in [7, 11) is 4.27. The molecule has 2 atom stereocenters. The Balaban J connectivity index is 1.71. The normalized spacial score (nSPS) is 27.4. The number of pyridine rings is 1. The van der Waals surface area contributed by atoms with Crippen molar-refractivity contribution in [3.05, 3.63) is 24.0 Å². The average Bonchev–Trinajstić information content (AvgIpc) is 2.48. The minimum atomic E-state index is 0.804. The van der Waals surface area contributed by atoms with E-state index in [-0.39, 0.29) is 0 Å². The number of piperidine rings is 2. The van der Waals surface area contributed by atoms with E-state index in [0.29, 0.717) is 0 Å². The molecule has 4 nitrogen and oxygen atoms in total. The highest BCUT2D eigenvalue weighted by atomic mass is 15.2. The molecule has 1 aromatic rings. The molecule has 0 bridgehead atoms. The third kappa shape index (κ3) is 2.81. The molecule has 20 heavy (non-hydrogen) atoms. The molecular formula is C16H26N4.